The highest BCUT2D eigenvalue weighted by molar-refractivity contribution is 6.05. The lowest BCUT2D eigenvalue weighted by Gasteiger charge is -2.19. The van der Waals surface area contributed by atoms with E-state index in [4.69, 9.17) is 0 Å². The van der Waals surface area contributed by atoms with Crippen LogP contribution in [-0.2, 0) is 0 Å². The van der Waals surface area contributed by atoms with Gasteiger partial charge >= 0.3 is 0 Å². The Morgan fingerprint density at radius 3 is 2.40 bits per heavy atom. The fourth-order valence-electron chi connectivity index (χ4n) is 1.32. The Bertz CT molecular complexity index is 339. The molecular weight excluding hydrogens is 184 g/mol. The SMILES string of the molecule is C=CC(=NC(C)C)N(C)c1ccccc1. The molecule has 0 aliphatic carbocycles. The molecular formula is C13H18N2. The molecule has 0 unspecified atom stereocenters. The molecule has 1 aromatic rings. The first-order valence-electron chi connectivity index (χ1n) is 5.14. The molecule has 80 valence electrons. The zero-order valence-corrected chi connectivity index (χ0v) is 9.64. The van der Waals surface area contributed by atoms with E-state index < -0.39 is 0 Å². The maximum absolute atomic E-state index is 4.50. The third-order valence-electron chi connectivity index (χ3n) is 2.06. The van der Waals surface area contributed by atoms with Crippen LogP contribution >= 0.6 is 0 Å². The van der Waals surface area contributed by atoms with Crippen molar-refractivity contribution < 1.29 is 0 Å². The minimum absolute atomic E-state index is 0.282. The molecule has 0 saturated heterocycles. The summed E-state index contributed by atoms with van der Waals surface area (Å²) < 4.78 is 0. The molecule has 0 spiro atoms. The lowest BCUT2D eigenvalue weighted by Crippen LogP contribution is -2.25. The number of hydrogen-bond acceptors (Lipinski definition) is 1. The van der Waals surface area contributed by atoms with Crippen LogP contribution in [0.2, 0.25) is 0 Å². The summed E-state index contributed by atoms with van der Waals surface area (Å²) in [6, 6.07) is 10.4. The lowest BCUT2D eigenvalue weighted by molar-refractivity contribution is 0.832. The molecule has 2 nitrogen and oxygen atoms in total. The molecule has 2 heteroatoms. The monoisotopic (exact) mass is 202 g/mol. The molecule has 1 rings (SSSR count). The molecule has 0 heterocycles. The number of aliphatic imine (C=N–C) groups is 1. The Morgan fingerprint density at radius 1 is 1.33 bits per heavy atom. The number of amidine groups is 1. The van der Waals surface area contributed by atoms with Gasteiger partial charge in [0.25, 0.3) is 0 Å². The normalized spacial score (nSPS) is 11.6. The second-order valence-electron chi connectivity index (χ2n) is 3.68. The quantitative estimate of drug-likeness (QED) is 0.543. The van der Waals surface area contributed by atoms with Gasteiger partial charge in [-0.2, -0.15) is 0 Å². The first-order valence-corrected chi connectivity index (χ1v) is 5.14. The zero-order valence-electron chi connectivity index (χ0n) is 9.64. The molecule has 0 amide bonds. The summed E-state index contributed by atoms with van der Waals surface area (Å²) in [5, 5.41) is 0. The van der Waals surface area contributed by atoms with E-state index in [1.54, 1.807) is 6.08 Å². The predicted octanol–water partition coefficient (Wildman–Crippen LogP) is 3.12. The summed E-state index contributed by atoms with van der Waals surface area (Å²) in [7, 11) is 2.00. The van der Waals surface area contributed by atoms with Crippen LogP contribution in [0.5, 0.6) is 0 Å². The molecule has 0 aliphatic rings. The van der Waals surface area contributed by atoms with Gasteiger partial charge in [-0.15, -0.1) is 0 Å². The average Bonchev–Trinajstić information content (AvgIpc) is 2.26. The van der Waals surface area contributed by atoms with Crippen LogP contribution in [0.1, 0.15) is 13.8 Å². The summed E-state index contributed by atoms with van der Waals surface area (Å²) >= 11 is 0. The van der Waals surface area contributed by atoms with Gasteiger partial charge in [-0.1, -0.05) is 24.8 Å². The van der Waals surface area contributed by atoms with Crippen molar-refractivity contribution in [1.29, 1.82) is 0 Å². The van der Waals surface area contributed by atoms with E-state index >= 15 is 0 Å². The van der Waals surface area contributed by atoms with E-state index in [-0.39, 0.29) is 6.04 Å². The summed E-state index contributed by atoms with van der Waals surface area (Å²) in [6.45, 7) is 7.90. The third kappa shape index (κ3) is 3.24. The summed E-state index contributed by atoms with van der Waals surface area (Å²) in [6.07, 6.45) is 1.78. The van der Waals surface area contributed by atoms with Crippen LogP contribution in [-0.4, -0.2) is 18.9 Å². The van der Waals surface area contributed by atoms with Crippen molar-refractivity contribution in [3.63, 3.8) is 0 Å². The van der Waals surface area contributed by atoms with E-state index in [0.717, 1.165) is 11.5 Å². The average molecular weight is 202 g/mol. The maximum Gasteiger partial charge on any atom is 0.127 e. The minimum Gasteiger partial charge on any atom is -0.330 e. The number of likely N-dealkylation sites (N-methyl/N-ethyl adjacent to an activating group) is 1. The lowest BCUT2D eigenvalue weighted by atomic mass is 10.3. The third-order valence-corrected chi connectivity index (χ3v) is 2.06. The predicted molar refractivity (Wildman–Crippen MR) is 67.6 cm³/mol. The van der Waals surface area contributed by atoms with Crippen molar-refractivity contribution in [2.75, 3.05) is 11.9 Å². The van der Waals surface area contributed by atoms with Gasteiger partial charge in [0.15, 0.2) is 0 Å². The van der Waals surface area contributed by atoms with E-state index in [0.29, 0.717) is 0 Å². The Kier molecular flexibility index (Phi) is 4.10. The Labute approximate surface area is 92.0 Å². The van der Waals surface area contributed by atoms with Gasteiger partial charge in [-0.3, -0.25) is 4.99 Å². The summed E-state index contributed by atoms with van der Waals surface area (Å²) in [5.41, 5.74) is 1.12. The van der Waals surface area contributed by atoms with Crippen LogP contribution in [0, 0.1) is 0 Å². The van der Waals surface area contributed by atoms with Gasteiger partial charge in [0.2, 0.25) is 0 Å². The van der Waals surface area contributed by atoms with Crippen LogP contribution in [0.3, 0.4) is 0 Å². The molecule has 0 fully saturated rings. The number of benzene rings is 1. The van der Waals surface area contributed by atoms with Gasteiger partial charge in [0, 0.05) is 18.8 Å². The molecule has 0 radical (unpaired) electrons. The number of anilines is 1. The highest BCUT2D eigenvalue weighted by atomic mass is 15.2. The number of nitrogens with zero attached hydrogens (tertiary/aromatic N) is 2. The van der Waals surface area contributed by atoms with Crippen molar-refractivity contribution in [3.8, 4) is 0 Å². The van der Waals surface area contributed by atoms with Crippen molar-refractivity contribution >= 4 is 11.5 Å². The number of hydrogen-bond donors (Lipinski definition) is 0. The molecule has 0 atom stereocenters. The van der Waals surface area contributed by atoms with Gasteiger partial charge in [-0.25, -0.2) is 0 Å². The van der Waals surface area contributed by atoms with Gasteiger partial charge < -0.3 is 4.90 Å². The van der Waals surface area contributed by atoms with E-state index in [1.807, 2.05) is 30.1 Å². The number of para-hydroxylation sites is 1. The topological polar surface area (TPSA) is 15.6 Å². The Balaban J connectivity index is 2.92. The van der Waals surface area contributed by atoms with Crippen molar-refractivity contribution in [3.05, 3.63) is 43.0 Å². The highest BCUT2D eigenvalue weighted by Crippen LogP contribution is 2.12. The zero-order chi connectivity index (χ0) is 11.3. The van der Waals surface area contributed by atoms with Gasteiger partial charge in [-0.05, 0) is 32.1 Å². The molecule has 0 aliphatic heterocycles. The van der Waals surface area contributed by atoms with Crippen LogP contribution in [0.25, 0.3) is 0 Å². The maximum atomic E-state index is 4.50. The van der Waals surface area contributed by atoms with Crippen LogP contribution < -0.4 is 4.90 Å². The van der Waals surface area contributed by atoms with Crippen molar-refractivity contribution in [1.82, 2.24) is 0 Å². The van der Waals surface area contributed by atoms with Crippen LogP contribution in [0.4, 0.5) is 5.69 Å². The Hall–Kier alpha value is -1.57. The second kappa shape index (κ2) is 5.35. The largest absolute Gasteiger partial charge is 0.330 e. The first-order chi connectivity index (χ1) is 7.15. The molecule has 1 aromatic carbocycles. The molecule has 0 N–H and O–H groups in total. The highest BCUT2D eigenvalue weighted by Gasteiger charge is 2.04. The fraction of sp³-hybridized carbons (Fsp3) is 0.308. The molecule has 0 saturated carbocycles. The second-order valence-corrected chi connectivity index (χ2v) is 3.68. The molecule has 0 bridgehead atoms. The molecule has 0 aromatic heterocycles. The number of rotatable bonds is 3. The minimum atomic E-state index is 0.282. The van der Waals surface area contributed by atoms with E-state index in [1.165, 1.54) is 0 Å². The van der Waals surface area contributed by atoms with E-state index in [9.17, 15) is 0 Å². The summed E-state index contributed by atoms with van der Waals surface area (Å²) in [4.78, 5) is 6.53. The van der Waals surface area contributed by atoms with E-state index in [2.05, 4.69) is 37.6 Å². The van der Waals surface area contributed by atoms with Gasteiger partial charge in [0.1, 0.15) is 5.84 Å². The van der Waals surface area contributed by atoms with Crippen molar-refractivity contribution in [2.45, 2.75) is 19.9 Å². The Morgan fingerprint density at radius 2 is 1.93 bits per heavy atom. The standard InChI is InChI=1S/C13H18N2/c1-5-13(14-11(2)3)15(4)12-9-7-6-8-10-12/h5-11H,1H2,2-4H3. The molecule has 15 heavy (non-hydrogen) atoms. The fourth-order valence-corrected chi connectivity index (χ4v) is 1.32. The van der Waals surface area contributed by atoms with Crippen molar-refractivity contribution in [2.24, 2.45) is 4.99 Å². The smallest absolute Gasteiger partial charge is 0.127 e. The summed E-state index contributed by atoms with van der Waals surface area (Å²) in [5.74, 6) is 0.899. The van der Waals surface area contributed by atoms with Gasteiger partial charge in [0.05, 0.1) is 0 Å². The first kappa shape index (κ1) is 11.5. The van der Waals surface area contributed by atoms with Crippen LogP contribution in [0.15, 0.2) is 48.0 Å².